The monoisotopic (exact) mass is 329 g/mol. The molecule has 20 heavy (non-hydrogen) atoms. The van der Waals surface area contributed by atoms with Crippen molar-refractivity contribution in [3.63, 3.8) is 0 Å². The first-order valence-corrected chi connectivity index (χ1v) is 7.72. The number of hydrogen-bond donors (Lipinski definition) is 1. The van der Waals surface area contributed by atoms with Gasteiger partial charge in [-0.3, -0.25) is 4.79 Å². The van der Waals surface area contributed by atoms with Crippen molar-refractivity contribution in [1.82, 2.24) is 10.2 Å². The van der Waals surface area contributed by atoms with Crippen molar-refractivity contribution in [1.29, 1.82) is 0 Å². The van der Waals surface area contributed by atoms with Gasteiger partial charge in [0, 0.05) is 22.9 Å². The Kier molecular flexibility index (Phi) is 5.34. The molecule has 0 unspecified atom stereocenters. The van der Waals surface area contributed by atoms with E-state index in [1.165, 1.54) is 11.3 Å². The van der Waals surface area contributed by atoms with Crippen LogP contribution in [0.3, 0.4) is 0 Å². The van der Waals surface area contributed by atoms with Crippen LogP contribution in [0.1, 0.15) is 30.3 Å². The molecule has 0 aliphatic heterocycles. The number of nitrogens with one attached hydrogen (secondary N) is 1. The van der Waals surface area contributed by atoms with E-state index in [0.29, 0.717) is 28.0 Å². The second kappa shape index (κ2) is 7.02. The number of halogens is 2. The van der Waals surface area contributed by atoms with Crippen LogP contribution in [-0.4, -0.2) is 16.1 Å². The second-order valence-corrected chi connectivity index (χ2v) is 6.12. The van der Waals surface area contributed by atoms with Gasteiger partial charge in [0.1, 0.15) is 5.01 Å². The number of nitrogens with zero attached hydrogens (tertiary/aromatic N) is 2. The average Bonchev–Trinajstić information content (AvgIpc) is 2.80. The standard InChI is InChI=1S/C13H13Cl2N3OS/c1-2-3-11(19)16-13-18-17-12(20-13)6-8-4-5-9(14)7-10(8)15/h4-5,7H,2-3,6H2,1H3,(H,16,18,19). The summed E-state index contributed by atoms with van der Waals surface area (Å²) in [4.78, 5) is 11.5. The lowest BCUT2D eigenvalue weighted by molar-refractivity contribution is -0.116. The highest BCUT2D eigenvalue weighted by Gasteiger charge is 2.10. The molecule has 1 amide bonds. The summed E-state index contributed by atoms with van der Waals surface area (Å²) in [6.07, 6.45) is 1.85. The topological polar surface area (TPSA) is 54.9 Å². The van der Waals surface area contributed by atoms with Crippen molar-refractivity contribution in [3.8, 4) is 0 Å². The third-order valence-electron chi connectivity index (χ3n) is 2.55. The molecule has 1 aromatic heterocycles. The summed E-state index contributed by atoms with van der Waals surface area (Å²) in [7, 11) is 0. The largest absolute Gasteiger partial charge is 0.301 e. The van der Waals surface area contributed by atoms with Gasteiger partial charge in [0.15, 0.2) is 0 Å². The fourth-order valence-corrected chi connectivity index (χ4v) is 2.87. The zero-order valence-electron chi connectivity index (χ0n) is 10.8. The van der Waals surface area contributed by atoms with Gasteiger partial charge in [-0.05, 0) is 24.1 Å². The van der Waals surface area contributed by atoms with Gasteiger partial charge in [-0.1, -0.05) is 47.5 Å². The molecule has 0 bridgehead atoms. The van der Waals surface area contributed by atoms with E-state index in [2.05, 4.69) is 15.5 Å². The maximum atomic E-state index is 11.5. The van der Waals surface area contributed by atoms with Gasteiger partial charge in [0.2, 0.25) is 11.0 Å². The van der Waals surface area contributed by atoms with Crippen molar-refractivity contribution >= 4 is 45.6 Å². The van der Waals surface area contributed by atoms with Crippen LogP contribution >= 0.6 is 34.5 Å². The SMILES string of the molecule is CCCC(=O)Nc1nnc(Cc2ccc(Cl)cc2Cl)s1. The van der Waals surface area contributed by atoms with Gasteiger partial charge >= 0.3 is 0 Å². The molecule has 0 saturated heterocycles. The Labute approximate surface area is 131 Å². The van der Waals surface area contributed by atoms with E-state index in [9.17, 15) is 4.79 Å². The molecule has 1 aromatic carbocycles. The Hall–Kier alpha value is -1.17. The van der Waals surface area contributed by atoms with Crippen LogP contribution in [-0.2, 0) is 11.2 Å². The minimum absolute atomic E-state index is 0.0419. The minimum atomic E-state index is -0.0419. The summed E-state index contributed by atoms with van der Waals surface area (Å²) in [6, 6.07) is 5.35. The van der Waals surface area contributed by atoms with Crippen molar-refractivity contribution in [3.05, 3.63) is 38.8 Å². The summed E-state index contributed by atoms with van der Waals surface area (Å²) >= 11 is 13.3. The quantitative estimate of drug-likeness (QED) is 0.895. The number of amides is 1. The van der Waals surface area contributed by atoms with Crippen LogP contribution in [0.5, 0.6) is 0 Å². The molecule has 0 aliphatic rings. The first-order chi connectivity index (χ1) is 9.58. The maximum absolute atomic E-state index is 11.5. The second-order valence-electron chi connectivity index (χ2n) is 4.21. The first kappa shape index (κ1) is 15.2. The molecule has 7 heteroatoms. The Bertz CT molecular complexity index is 615. The Morgan fingerprint density at radius 1 is 1.35 bits per heavy atom. The third kappa shape index (κ3) is 4.16. The highest BCUT2D eigenvalue weighted by molar-refractivity contribution is 7.15. The van der Waals surface area contributed by atoms with Crippen LogP contribution in [0.25, 0.3) is 0 Å². The van der Waals surface area contributed by atoms with Crippen LogP contribution in [0, 0.1) is 0 Å². The molecular formula is C13H13Cl2N3OS. The maximum Gasteiger partial charge on any atom is 0.226 e. The van der Waals surface area contributed by atoms with E-state index in [0.717, 1.165) is 17.0 Å². The lowest BCUT2D eigenvalue weighted by Gasteiger charge is -2.01. The lowest BCUT2D eigenvalue weighted by Crippen LogP contribution is -2.10. The molecule has 0 aliphatic carbocycles. The van der Waals surface area contributed by atoms with Crippen LogP contribution in [0.15, 0.2) is 18.2 Å². The molecule has 0 saturated carbocycles. The normalized spacial score (nSPS) is 10.6. The van der Waals surface area contributed by atoms with E-state index < -0.39 is 0 Å². The fourth-order valence-electron chi connectivity index (χ4n) is 1.61. The average molecular weight is 330 g/mol. The van der Waals surface area contributed by atoms with Crippen molar-refractivity contribution in [2.24, 2.45) is 0 Å². The smallest absolute Gasteiger partial charge is 0.226 e. The Morgan fingerprint density at radius 3 is 2.85 bits per heavy atom. The number of benzene rings is 1. The molecule has 1 N–H and O–H groups in total. The van der Waals surface area contributed by atoms with Crippen LogP contribution in [0.2, 0.25) is 10.0 Å². The molecule has 4 nitrogen and oxygen atoms in total. The molecular weight excluding hydrogens is 317 g/mol. The highest BCUT2D eigenvalue weighted by atomic mass is 35.5. The van der Waals surface area contributed by atoms with Gasteiger partial charge in [-0.25, -0.2) is 0 Å². The van der Waals surface area contributed by atoms with Gasteiger partial charge < -0.3 is 5.32 Å². The predicted octanol–water partition coefficient (Wildman–Crippen LogP) is 4.17. The highest BCUT2D eigenvalue weighted by Crippen LogP contribution is 2.25. The van der Waals surface area contributed by atoms with Crippen molar-refractivity contribution < 1.29 is 4.79 Å². The van der Waals surface area contributed by atoms with E-state index in [4.69, 9.17) is 23.2 Å². The predicted molar refractivity (Wildman–Crippen MR) is 82.7 cm³/mol. The minimum Gasteiger partial charge on any atom is -0.301 e. The molecule has 0 atom stereocenters. The lowest BCUT2D eigenvalue weighted by atomic mass is 10.2. The first-order valence-electron chi connectivity index (χ1n) is 6.14. The number of anilines is 1. The van der Waals surface area contributed by atoms with Crippen molar-refractivity contribution in [2.75, 3.05) is 5.32 Å². The molecule has 2 aromatic rings. The Morgan fingerprint density at radius 2 is 2.15 bits per heavy atom. The van der Waals surface area contributed by atoms with Gasteiger partial charge in [0.05, 0.1) is 0 Å². The zero-order valence-corrected chi connectivity index (χ0v) is 13.1. The van der Waals surface area contributed by atoms with E-state index in [1.807, 2.05) is 13.0 Å². The van der Waals surface area contributed by atoms with Crippen LogP contribution < -0.4 is 5.32 Å². The summed E-state index contributed by atoms with van der Waals surface area (Å²) in [5.74, 6) is -0.0419. The summed E-state index contributed by atoms with van der Waals surface area (Å²) in [6.45, 7) is 1.95. The number of rotatable bonds is 5. The number of carbonyl (C=O) groups excluding carboxylic acids is 1. The van der Waals surface area contributed by atoms with E-state index in [-0.39, 0.29) is 5.91 Å². The molecule has 106 valence electrons. The Balaban J connectivity index is 2.04. The van der Waals surface area contributed by atoms with Crippen molar-refractivity contribution in [2.45, 2.75) is 26.2 Å². The van der Waals surface area contributed by atoms with Gasteiger partial charge in [0.25, 0.3) is 0 Å². The number of aromatic nitrogens is 2. The molecule has 0 radical (unpaired) electrons. The van der Waals surface area contributed by atoms with Gasteiger partial charge in [-0.2, -0.15) is 0 Å². The number of carbonyl (C=O) groups is 1. The molecule has 1 heterocycles. The van der Waals surface area contributed by atoms with Gasteiger partial charge in [-0.15, -0.1) is 10.2 Å². The number of hydrogen-bond acceptors (Lipinski definition) is 4. The van der Waals surface area contributed by atoms with Crippen LogP contribution in [0.4, 0.5) is 5.13 Å². The van der Waals surface area contributed by atoms with E-state index >= 15 is 0 Å². The fraction of sp³-hybridized carbons (Fsp3) is 0.308. The summed E-state index contributed by atoms with van der Waals surface area (Å²) < 4.78 is 0. The third-order valence-corrected chi connectivity index (χ3v) is 3.97. The molecule has 0 spiro atoms. The summed E-state index contributed by atoms with van der Waals surface area (Å²) in [5.41, 5.74) is 0.929. The van der Waals surface area contributed by atoms with E-state index in [1.54, 1.807) is 12.1 Å². The summed E-state index contributed by atoms with van der Waals surface area (Å²) in [5, 5.41) is 13.2. The molecule has 0 fully saturated rings. The molecule has 2 rings (SSSR count). The zero-order chi connectivity index (χ0) is 14.5.